The van der Waals surface area contributed by atoms with E-state index in [4.69, 9.17) is 0 Å². The smallest absolute Gasteiger partial charge is 0.0540 e. The summed E-state index contributed by atoms with van der Waals surface area (Å²) in [7, 11) is 0. The Morgan fingerprint density at radius 1 is 0.370 bits per heavy atom. The van der Waals surface area contributed by atoms with Crippen molar-refractivity contribution in [1.82, 2.24) is 0 Å². The molecular formula is C44H32N2. The lowest BCUT2D eigenvalue weighted by atomic mass is 9.93. The molecule has 1 N–H and O–H groups in total. The third-order valence-electron chi connectivity index (χ3n) is 8.63. The van der Waals surface area contributed by atoms with Crippen molar-refractivity contribution in [3.8, 4) is 22.3 Å². The third kappa shape index (κ3) is 5.27. The Morgan fingerprint density at radius 2 is 0.935 bits per heavy atom. The summed E-state index contributed by atoms with van der Waals surface area (Å²) >= 11 is 0. The standard InChI is InChI=1S/C44H32N2/c1-3-17-36(18-4-1)45-43-30-27-35(31-42(43)41-23-11-15-33-13-7-9-21-39(33)41)32-25-28-38(29-26-32)46(37-19-5-2-6-20-37)44-24-12-16-34-14-8-10-22-40(34)44/h1-31,45H. The van der Waals surface area contributed by atoms with Crippen LogP contribution in [0.15, 0.2) is 188 Å². The topological polar surface area (TPSA) is 15.3 Å². The fraction of sp³-hybridized carbons (Fsp3) is 0. The maximum atomic E-state index is 3.68. The average Bonchev–Trinajstić information content (AvgIpc) is 3.13. The highest BCUT2D eigenvalue weighted by molar-refractivity contribution is 6.01. The van der Waals surface area contributed by atoms with Gasteiger partial charge < -0.3 is 10.2 Å². The van der Waals surface area contributed by atoms with Crippen LogP contribution in [0.4, 0.5) is 28.4 Å². The van der Waals surface area contributed by atoms with E-state index in [1.807, 2.05) is 6.07 Å². The molecule has 0 radical (unpaired) electrons. The summed E-state index contributed by atoms with van der Waals surface area (Å²) in [5, 5.41) is 8.60. The van der Waals surface area contributed by atoms with Gasteiger partial charge in [-0.05, 0) is 87.4 Å². The van der Waals surface area contributed by atoms with Crippen LogP contribution in [-0.4, -0.2) is 0 Å². The predicted octanol–water partition coefficient (Wildman–Crippen LogP) is 12.5. The van der Waals surface area contributed by atoms with Crippen molar-refractivity contribution in [2.45, 2.75) is 0 Å². The van der Waals surface area contributed by atoms with Gasteiger partial charge in [-0.1, -0.05) is 133 Å². The first-order chi connectivity index (χ1) is 22.8. The summed E-state index contributed by atoms with van der Waals surface area (Å²) in [6.07, 6.45) is 0. The van der Waals surface area contributed by atoms with Crippen LogP contribution >= 0.6 is 0 Å². The molecule has 8 rings (SSSR count). The van der Waals surface area contributed by atoms with E-state index < -0.39 is 0 Å². The minimum Gasteiger partial charge on any atom is -0.355 e. The van der Waals surface area contributed by atoms with E-state index >= 15 is 0 Å². The number of hydrogen-bond acceptors (Lipinski definition) is 2. The van der Waals surface area contributed by atoms with E-state index in [1.54, 1.807) is 0 Å². The number of benzene rings is 8. The Labute approximate surface area is 269 Å². The number of nitrogens with one attached hydrogen (secondary N) is 1. The number of anilines is 5. The van der Waals surface area contributed by atoms with Gasteiger partial charge in [-0.25, -0.2) is 0 Å². The first-order valence-corrected chi connectivity index (χ1v) is 15.7. The molecule has 46 heavy (non-hydrogen) atoms. The van der Waals surface area contributed by atoms with Gasteiger partial charge in [-0.3, -0.25) is 0 Å². The van der Waals surface area contributed by atoms with E-state index in [0.717, 1.165) is 28.4 Å². The molecule has 218 valence electrons. The van der Waals surface area contributed by atoms with Crippen LogP contribution in [-0.2, 0) is 0 Å². The number of para-hydroxylation sites is 2. The fourth-order valence-electron chi connectivity index (χ4n) is 6.40. The third-order valence-corrected chi connectivity index (χ3v) is 8.63. The van der Waals surface area contributed by atoms with Crippen LogP contribution in [0, 0.1) is 0 Å². The maximum absolute atomic E-state index is 3.68. The molecule has 0 aromatic heterocycles. The van der Waals surface area contributed by atoms with Crippen molar-refractivity contribution in [2.24, 2.45) is 0 Å². The van der Waals surface area contributed by atoms with Crippen LogP contribution in [0.25, 0.3) is 43.8 Å². The second kappa shape index (κ2) is 12.1. The number of fused-ring (bicyclic) bond motifs is 2. The molecule has 0 aliphatic rings. The molecule has 8 aromatic carbocycles. The van der Waals surface area contributed by atoms with Gasteiger partial charge in [0.25, 0.3) is 0 Å². The number of nitrogens with zero attached hydrogens (tertiary/aromatic N) is 1. The molecule has 0 bridgehead atoms. The first kappa shape index (κ1) is 27.4. The van der Waals surface area contributed by atoms with Gasteiger partial charge in [0.05, 0.1) is 5.69 Å². The highest BCUT2D eigenvalue weighted by Gasteiger charge is 2.16. The van der Waals surface area contributed by atoms with Gasteiger partial charge in [0, 0.05) is 33.7 Å². The molecule has 0 aliphatic carbocycles. The molecule has 0 saturated heterocycles. The highest BCUT2D eigenvalue weighted by atomic mass is 15.1. The fourth-order valence-corrected chi connectivity index (χ4v) is 6.40. The van der Waals surface area contributed by atoms with Crippen LogP contribution in [0.3, 0.4) is 0 Å². The Hall–Kier alpha value is -6.12. The van der Waals surface area contributed by atoms with E-state index in [2.05, 4.69) is 192 Å². The Morgan fingerprint density at radius 3 is 1.70 bits per heavy atom. The molecular weight excluding hydrogens is 556 g/mol. The predicted molar refractivity (Wildman–Crippen MR) is 197 cm³/mol. The van der Waals surface area contributed by atoms with E-state index in [0.29, 0.717) is 0 Å². The molecule has 2 heteroatoms. The zero-order chi connectivity index (χ0) is 30.7. The summed E-state index contributed by atoms with van der Waals surface area (Å²) in [5.74, 6) is 0. The molecule has 0 aliphatic heterocycles. The van der Waals surface area contributed by atoms with Crippen molar-refractivity contribution in [3.05, 3.63) is 188 Å². The van der Waals surface area contributed by atoms with Crippen molar-refractivity contribution in [1.29, 1.82) is 0 Å². The van der Waals surface area contributed by atoms with Crippen molar-refractivity contribution < 1.29 is 0 Å². The van der Waals surface area contributed by atoms with E-state index in [-0.39, 0.29) is 0 Å². The maximum Gasteiger partial charge on any atom is 0.0540 e. The summed E-state index contributed by atoms with van der Waals surface area (Å²) < 4.78 is 0. The van der Waals surface area contributed by atoms with Gasteiger partial charge in [-0.2, -0.15) is 0 Å². The Balaban J connectivity index is 1.23. The molecule has 0 atom stereocenters. The van der Waals surface area contributed by atoms with E-state index in [1.165, 1.54) is 43.8 Å². The van der Waals surface area contributed by atoms with Gasteiger partial charge in [0.15, 0.2) is 0 Å². The second-order valence-corrected chi connectivity index (χ2v) is 11.5. The quantitative estimate of drug-likeness (QED) is 0.199. The number of hydrogen-bond donors (Lipinski definition) is 1. The normalized spacial score (nSPS) is 11.0. The van der Waals surface area contributed by atoms with Gasteiger partial charge >= 0.3 is 0 Å². The van der Waals surface area contributed by atoms with Gasteiger partial charge in [-0.15, -0.1) is 0 Å². The largest absolute Gasteiger partial charge is 0.355 e. The summed E-state index contributed by atoms with van der Waals surface area (Å²) in [6, 6.07) is 67.0. The molecule has 0 amide bonds. The molecule has 0 saturated carbocycles. The van der Waals surface area contributed by atoms with Crippen LogP contribution < -0.4 is 10.2 Å². The van der Waals surface area contributed by atoms with Crippen LogP contribution in [0.1, 0.15) is 0 Å². The van der Waals surface area contributed by atoms with Crippen LogP contribution in [0.5, 0.6) is 0 Å². The molecule has 0 unspecified atom stereocenters. The summed E-state index contributed by atoms with van der Waals surface area (Å²) in [4.78, 5) is 2.35. The summed E-state index contributed by atoms with van der Waals surface area (Å²) in [5.41, 5.74) is 10.3. The van der Waals surface area contributed by atoms with Crippen molar-refractivity contribution >= 4 is 50.0 Å². The number of rotatable bonds is 7. The molecule has 0 fully saturated rings. The van der Waals surface area contributed by atoms with Gasteiger partial charge in [0.2, 0.25) is 0 Å². The average molecular weight is 589 g/mol. The Kier molecular flexibility index (Phi) is 7.22. The molecule has 8 aromatic rings. The van der Waals surface area contributed by atoms with Crippen molar-refractivity contribution in [3.63, 3.8) is 0 Å². The minimum atomic E-state index is 1.07. The molecule has 2 nitrogen and oxygen atoms in total. The van der Waals surface area contributed by atoms with Crippen LogP contribution in [0.2, 0.25) is 0 Å². The minimum absolute atomic E-state index is 1.07. The second-order valence-electron chi connectivity index (χ2n) is 11.5. The summed E-state index contributed by atoms with van der Waals surface area (Å²) in [6.45, 7) is 0. The lowest BCUT2D eigenvalue weighted by Crippen LogP contribution is -2.10. The van der Waals surface area contributed by atoms with Crippen molar-refractivity contribution in [2.75, 3.05) is 10.2 Å². The van der Waals surface area contributed by atoms with Gasteiger partial charge in [0.1, 0.15) is 0 Å². The zero-order valence-electron chi connectivity index (χ0n) is 25.3. The lowest BCUT2D eigenvalue weighted by Gasteiger charge is -2.27. The Bertz CT molecular complexity index is 2260. The SMILES string of the molecule is c1ccc(Nc2ccc(-c3ccc(N(c4ccccc4)c4cccc5ccccc45)cc3)cc2-c2cccc3ccccc23)cc1. The highest BCUT2D eigenvalue weighted by Crippen LogP contribution is 2.41. The molecule has 0 spiro atoms. The lowest BCUT2D eigenvalue weighted by molar-refractivity contribution is 1.30. The zero-order valence-corrected chi connectivity index (χ0v) is 25.3. The van der Waals surface area contributed by atoms with E-state index in [9.17, 15) is 0 Å². The molecule has 0 heterocycles. The first-order valence-electron chi connectivity index (χ1n) is 15.7. The monoisotopic (exact) mass is 588 g/mol.